The highest BCUT2D eigenvalue weighted by Gasteiger charge is 2.45. The summed E-state index contributed by atoms with van der Waals surface area (Å²) in [6.45, 7) is 5.83. The van der Waals surface area contributed by atoms with Crippen LogP contribution in [-0.4, -0.2) is 63.2 Å². The van der Waals surface area contributed by atoms with Crippen molar-refractivity contribution in [3.8, 4) is 5.75 Å². The van der Waals surface area contributed by atoms with Gasteiger partial charge in [-0.3, -0.25) is 10.2 Å². The summed E-state index contributed by atoms with van der Waals surface area (Å²) >= 11 is 0. The molecule has 5 rings (SSSR count). The highest BCUT2D eigenvalue weighted by molar-refractivity contribution is 5.94. The predicted octanol–water partition coefficient (Wildman–Crippen LogP) is 1.72. The molecule has 3 fully saturated rings. The van der Waals surface area contributed by atoms with Crippen molar-refractivity contribution in [2.75, 3.05) is 50.2 Å². The van der Waals surface area contributed by atoms with E-state index in [2.05, 4.69) is 51.3 Å². The fourth-order valence-corrected chi connectivity index (χ4v) is 5.04. The standard InChI is InChI=1S/C24H31FN6O2/c1-15-5-4-6-18(25)24(15)31-21(32)14-19-23(28-31)22(27-26-19)17-8-7-16(13-20(17)33-3)30-11-9-29(2)10-12-30/h4-8,13,19,22-23,26-28H,9-12,14H2,1-3H3. The van der Waals surface area contributed by atoms with Gasteiger partial charge in [0.15, 0.2) is 0 Å². The number of para-hydroxylation sites is 1. The molecule has 0 saturated carbocycles. The molecule has 0 aromatic heterocycles. The molecule has 3 atom stereocenters. The van der Waals surface area contributed by atoms with Gasteiger partial charge in [0, 0.05) is 56.0 Å². The second-order valence-electron chi connectivity index (χ2n) is 9.08. The van der Waals surface area contributed by atoms with Crippen LogP contribution in [0.25, 0.3) is 0 Å². The molecule has 0 spiro atoms. The number of fused-ring (bicyclic) bond motifs is 1. The van der Waals surface area contributed by atoms with E-state index in [0.29, 0.717) is 5.56 Å². The predicted molar refractivity (Wildman–Crippen MR) is 126 cm³/mol. The fourth-order valence-electron chi connectivity index (χ4n) is 5.04. The van der Waals surface area contributed by atoms with Crippen LogP contribution in [0.1, 0.15) is 23.6 Å². The van der Waals surface area contributed by atoms with Crippen molar-refractivity contribution in [3.63, 3.8) is 0 Å². The smallest absolute Gasteiger partial charge is 0.243 e. The number of methoxy groups -OCH3 is 1. The Morgan fingerprint density at radius 2 is 1.88 bits per heavy atom. The van der Waals surface area contributed by atoms with Crippen LogP contribution in [0.15, 0.2) is 36.4 Å². The molecule has 0 bridgehead atoms. The van der Waals surface area contributed by atoms with E-state index in [0.717, 1.165) is 43.2 Å². The maximum Gasteiger partial charge on any atom is 0.243 e. The van der Waals surface area contributed by atoms with E-state index in [1.807, 2.05) is 13.0 Å². The average molecular weight is 455 g/mol. The minimum Gasteiger partial charge on any atom is -0.496 e. The first-order valence-corrected chi connectivity index (χ1v) is 11.4. The van der Waals surface area contributed by atoms with Crippen LogP contribution in [-0.2, 0) is 4.79 Å². The van der Waals surface area contributed by atoms with Gasteiger partial charge >= 0.3 is 0 Å². The molecule has 3 saturated heterocycles. The molecule has 3 unspecified atom stereocenters. The summed E-state index contributed by atoms with van der Waals surface area (Å²) in [6, 6.07) is 10.7. The van der Waals surface area contributed by atoms with E-state index in [1.54, 1.807) is 13.2 Å². The first kappa shape index (κ1) is 22.1. The maximum absolute atomic E-state index is 14.6. The Morgan fingerprint density at radius 1 is 1.09 bits per heavy atom. The van der Waals surface area contributed by atoms with Crippen molar-refractivity contribution < 1.29 is 13.9 Å². The number of likely N-dealkylation sites (N-methyl/N-ethyl adjacent to an activating group) is 1. The Kier molecular flexibility index (Phi) is 5.96. The first-order chi connectivity index (χ1) is 16.0. The minimum atomic E-state index is -0.418. The zero-order chi connectivity index (χ0) is 23.1. The van der Waals surface area contributed by atoms with E-state index in [9.17, 15) is 9.18 Å². The SMILES string of the molecule is COc1cc(N2CCN(C)CC2)ccc1C1NNC2CC(=O)N(c3c(C)cccc3F)NC21. The zero-order valence-corrected chi connectivity index (χ0v) is 19.3. The third-order valence-electron chi connectivity index (χ3n) is 6.97. The number of aryl methyl sites for hydroxylation is 1. The Labute approximate surface area is 193 Å². The molecule has 0 radical (unpaired) electrons. The van der Waals surface area contributed by atoms with Gasteiger partial charge in [-0.2, -0.15) is 0 Å². The zero-order valence-electron chi connectivity index (χ0n) is 19.3. The molecule has 3 N–H and O–H groups in total. The Morgan fingerprint density at radius 3 is 2.61 bits per heavy atom. The number of carbonyl (C=O) groups excluding carboxylic acids is 1. The number of amides is 1. The fraction of sp³-hybridized carbons (Fsp3) is 0.458. The lowest BCUT2D eigenvalue weighted by Crippen LogP contribution is -2.60. The third kappa shape index (κ3) is 4.06. The molecule has 8 nitrogen and oxygen atoms in total. The summed E-state index contributed by atoms with van der Waals surface area (Å²) in [6.07, 6.45) is 0.261. The minimum absolute atomic E-state index is 0.118. The van der Waals surface area contributed by atoms with Gasteiger partial charge in [0.2, 0.25) is 5.91 Å². The van der Waals surface area contributed by atoms with Crippen LogP contribution in [0, 0.1) is 12.7 Å². The van der Waals surface area contributed by atoms with Gasteiger partial charge in [-0.05, 0) is 31.7 Å². The molecule has 33 heavy (non-hydrogen) atoms. The number of nitrogens with zero attached hydrogens (tertiary/aromatic N) is 3. The summed E-state index contributed by atoms with van der Waals surface area (Å²) in [5.74, 6) is 0.203. The van der Waals surface area contributed by atoms with Gasteiger partial charge in [0.05, 0.1) is 24.9 Å². The van der Waals surface area contributed by atoms with Gasteiger partial charge < -0.3 is 14.5 Å². The largest absolute Gasteiger partial charge is 0.496 e. The molecular formula is C24H31FN6O2. The number of benzene rings is 2. The van der Waals surface area contributed by atoms with Crippen molar-refractivity contribution >= 4 is 17.3 Å². The van der Waals surface area contributed by atoms with Crippen LogP contribution in [0.2, 0.25) is 0 Å². The van der Waals surface area contributed by atoms with E-state index in [-0.39, 0.29) is 36.1 Å². The topological polar surface area (TPSA) is 72.1 Å². The number of hydrazine groups is 2. The Balaban J connectivity index is 1.41. The number of rotatable bonds is 4. The Hall–Kier alpha value is -2.72. The number of hydrogen-bond acceptors (Lipinski definition) is 7. The molecule has 2 aromatic rings. The van der Waals surface area contributed by atoms with Crippen LogP contribution < -0.4 is 30.9 Å². The summed E-state index contributed by atoms with van der Waals surface area (Å²) < 4.78 is 20.4. The number of ether oxygens (including phenoxy) is 1. The average Bonchev–Trinajstić information content (AvgIpc) is 3.21. The lowest BCUT2D eigenvalue weighted by Gasteiger charge is -2.38. The van der Waals surface area contributed by atoms with E-state index in [4.69, 9.17) is 4.74 Å². The monoisotopic (exact) mass is 454 g/mol. The molecule has 3 heterocycles. The quantitative estimate of drug-likeness (QED) is 0.650. The molecule has 176 valence electrons. The van der Waals surface area contributed by atoms with E-state index < -0.39 is 5.82 Å². The van der Waals surface area contributed by atoms with Crippen molar-refractivity contribution in [1.29, 1.82) is 0 Å². The molecule has 3 aliphatic heterocycles. The number of nitrogens with one attached hydrogen (secondary N) is 3. The molecule has 2 aromatic carbocycles. The van der Waals surface area contributed by atoms with Crippen molar-refractivity contribution in [1.82, 2.24) is 21.2 Å². The summed E-state index contributed by atoms with van der Waals surface area (Å²) in [5, 5.41) is 1.37. The normalized spacial score (nSPS) is 25.9. The number of anilines is 2. The second-order valence-corrected chi connectivity index (χ2v) is 9.08. The lowest BCUT2D eigenvalue weighted by atomic mass is 9.92. The summed E-state index contributed by atoms with van der Waals surface area (Å²) in [4.78, 5) is 17.5. The van der Waals surface area contributed by atoms with E-state index in [1.165, 1.54) is 11.1 Å². The number of carbonyl (C=O) groups is 1. The van der Waals surface area contributed by atoms with Crippen molar-refractivity contribution in [3.05, 3.63) is 53.3 Å². The number of hydrogen-bond donors (Lipinski definition) is 3. The second kappa shape index (κ2) is 8.90. The summed E-state index contributed by atoms with van der Waals surface area (Å²) in [5.41, 5.74) is 13.0. The molecule has 9 heteroatoms. The van der Waals surface area contributed by atoms with Gasteiger partial charge in [0.25, 0.3) is 0 Å². The van der Waals surface area contributed by atoms with Crippen molar-refractivity contribution in [2.45, 2.75) is 31.5 Å². The lowest BCUT2D eigenvalue weighted by molar-refractivity contribution is -0.121. The van der Waals surface area contributed by atoms with Crippen LogP contribution >= 0.6 is 0 Å². The van der Waals surface area contributed by atoms with Gasteiger partial charge in [-0.1, -0.05) is 18.2 Å². The van der Waals surface area contributed by atoms with Gasteiger partial charge in [0.1, 0.15) is 11.6 Å². The number of piperazine rings is 1. The van der Waals surface area contributed by atoms with Crippen LogP contribution in [0.3, 0.4) is 0 Å². The molecule has 0 aliphatic carbocycles. The van der Waals surface area contributed by atoms with Gasteiger partial charge in [-0.15, -0.1) is 0 Å². The number of halogens is 1. The Bertz CT molecular complexity index is 1020. The van der Waals surface area contributed by atoms with Crippen molar-refractivity contribution in [2.24, 2.45) is 0 Å². The third-order valence-corrected chi connectivity index (χ3v) is 6.97. The van der Waals surface area contributed by atoms with E-state index >= 15 is 0 Å². The summed E-state index contributed by atoms with van der Waals surface area (Å²) in [7, 11) is 3.82. The molecular weight excluding hydrogens is 423 g/mol. The molecule has 1 amide bonds. The highest BCUT2D eigenvalue weighted by atomic mass is 19.1. The first-order valence-electron chi connectivity index (χ1n) is 11.4. The molecule has 3 aliphatic rings. The van der Waals surface area contributed by atoms with Crippen LogP contribution in [0.5, 0.6) is 5.75 Å². The highest BCUT2D eigenvalue weighted by Crippen LogP contribution is 2.37. The van der Waals surface area contributed by atoms with Gasteiger partial charge in [-0.25, -0.2) is 20.3 Å². The van der Waals surface area contributed by atoms with Crippen LogP contribution in [0.4, 0.5) is 15.8 Å². The maximum atomic E-state index is 14.6.